The van der Waals surface area contributed by atoms with Crippen LogP contribution in [-0.4, -0.2) is 108 Å². The number of H-pyrrole nitrogens is 2. The lowest BCUT2D eigenvalue weighted by atomic mass is 9.82. The molecule has 20 heteroatoms. The van der Waals surface area contributed by atoms with Crippen LogP contribution in [0.1, 0.15) is 55.7 Å². The molecule has 0 bridgehead atoms. The Morgan fingerprint density at radius 2 is 1.64 bits per heavy atom. The van der Waals surface area contributed by atoms with Gasteiger partial charge in [-0.05, 0) is 67.6 Å². The highest BCUT2D eigenvalue weighted by Crippen LogP contribution is 2.33. The van der Waals surface area contributed by atoms with Gasteiger partial charge in [-0.3, -0.25) is 34.0 Å². The molecule has 1 fully saturated rings. The van der Waals surface area contributed by atoms with E-state index in [-0.39, 0.29) is 37.2 Å². The number of para-hydroxylation sites is 1. The molecule has 5 aromatic rings. The van der Waals surface area contributed by atoms with Crippen molar-refractivity contribution in [1.29, 1.82) is 0 Å². The van der Waals surface area contributed by atoms with E-state index in [0.29, 0.717) is 11.1 Å². The van der Waals surface area contributed by atoms with Crippen LogP contribution in [0.15, 0.2) is 113 Å². The van der Waals surface area contributed by atoms with E-state index in [1.807, 2.05) is 38.1 Å². The second-order valence-electron chi connectivity index (χ2n) is 17.3. The number of nitrogens with one attached hydrogen (secondary N) is 7. The Morgan fingerprint density at radius 3 is 2.37 bits per heavy atom. The molecule has 2 aliphatic heterocycles. The number of hydrogen-bond donors (Lipinski definition) is 10. The molecule has 7 unspecified atom stereocenters. The molecule has 67 heavy (non-hydrogen) atoms. The number of nitrogens with zero attached hydrogens (tertiary/aromatic N) is 2. The Bertz CT molecular complexity index is 2820. The average molecular weight is 920 g/mol. The third-order valence-electron chi connectivity index (χ3n) is 12.2. The molecule has 0 radical (unpaired) electrons. The van der Waals surface area contributed by atoms with Crippen molar-refractivity contribution in [3.05, 3.63) is 146 Å². The molecular weight excluding hydrogens is 867 g/mol. The number of amides is 5. The number of carbonyl (C=O) groups excluding carboxylic acids is 4. The van der Waals surface area contributed by atoms with E-state index in [2.05, 4.69) is 36.6 Å². The first-order valence-corrected chi connectivity index (χ1v) is 21.6. The number of aromatic hydroxyl groups is 1. The zero-order valence-corrected chi connectivity index (χ0v) is 37.1. The van der Waals surface area contributed by atoms with Crippen molar-refractivity contribution in [1.82, 2.24) is 46.0 Å². The Kier molecular flexibility index (Phi) is 14.0. The standard InChI is InChI=1S/C47H53N9O11/c1-25(55(4)42(62)35-20-27-19-29(57)14-15-32(27)47(2,3)54-35)39(41(61)49-24-30-22-37(58)43(67-30)56-17-16-38(59)52-46(56)66)53-40(60)34(18-26-10-6-5-7-11-26)50-45(65)51-36(44(63)64)21-28-23-48-33-13-9-8-12-31(28)33/h5-17,19,23-25,34-37,39,43,48,54,57-58H,18,20-22H2,1-4H3,(H,49,61)(H,53,60)(H,63,64)(H2,50,51,65)(H,52,59,66)/b30-24-. The van der Waals surface area contributed by atoms with Gasteiger partial charge in [0.05, 0.1) is 12.1 Å². The molecule has 0 saturated carbocycles. The third kappa shape index (κ3) is 10.9. The number of ether oxygens (including phenoxy) is 1. The molecule has 2 aliphatic rings. The van der Waals surface area contributed by atoms with Crippen LogP contribution in [-0.2, 0) is 48.7 Å². The van der Waals surface area contributed by atoms with Gasteiger partial charge in [0.1, 0.15) is 35.7 Å². The topological polar surface area (TPSA) is 289 Å². The first kappa shape index (κ1) is 47.3. The molecule has 3 aromatic carbocycles. The molecule has 352 valence electrons. The summed E-state index contributed by atoms with van der Waals surface area (Å²) in [5.74, 6) is -3.37. The summed E-state index contributed by atoms with van der Waals surface area (Å²) in [5.41, 5.74) is 1.51. The minimum absolute atomic E-state index is 0.0360. The number of phenolic OH excluding ortho intramolecular Hbond substituents is 1. The van der Waals surface area contributed by atoms with Gasteiger partial charge in [0.2, 0.25) is 23.9 Å². The summed E-state index contributed by atoms with van der Waals surface area (Å²) in [6.45, 7) is 5.34. The second kappa shape index (κ2) is 19.8. The minimum atomic E-state index is -1.52. The van der Waals surface area contributed by atoms with Crippen LogP contribution in [0.2, 0.25) is 0 Å². The van der Waals surface area contributed by atoms with Gasteiger partial charge in [0.25, 0.3) is 5.56 Å². The number of carbonyl (C=O) groups is 5. The number of aromatic amines is 2. The summed E-state index contributed by atoms with van der Waals surface area (Å²) < 4.78 is 6.77. The van der Waals surface area contributed by atoms with E-state index < -0.39 is 89.1 Å². The van der Waals surface area contributed by atoms with Crippen LogP contribution in [0.3, 0.4) is 0 Å². The fourth-order valence-electron chi connectivity index (χ4n) is 8.55. The molecule has 20 nitrogen and oxygen atoms in total. The molecular formula is C47H53N9O11. The van der Waals surface area contributed by atoms with Crippen molar-refractivity contribution >= 4 is 40.6 Å². The number of aliphatic hydroxyl groups is 1. The number of rotatable bonds is 15. The van der Waals surface area contributed by atoms with E-state index in [0.717, 1.165) is 45.1 Å². The van der Waals surface area contributed by atoms with Crippen LogP contribution in [0.4, 0.5) is 4.79 Å². The lowest BCUT2D eigenvalue weighted by molar-refractivity contribution is -0.139. The molecule has 0 spiro atoms. The molecule has 1 saturated heterocycles. The monoisotopic (exact) mass is 919 g/mol. The quantitative estimate of drug-likeness (QED) is 0.0713. The number of benzene rings is 3. The molecule has 0 aliphatic carbocycles. The smallest absolute Gasteiger partial charge is 0.331 e. The van der Waals surface area contributed by atoms with Crippen molar-refractivity contribution in [3.8, 4) is 5.75 Å². The van der Waals surface area contributed by atoms with Crippen LogP contribution in [0, 0.1) is 0 Å². The van der Waals surface area contributed by atoms with Crippen LogP contribution < -0.4 is 37.8 Å². The van der Waals surface area contributed by atoms with Crippen molar-refractivity contribution in [3.63, 3.8) is 0 Å². The van der Waals surface area contributed by atoms with Gasteiger partial charge in [-0.1, -0.05) is 54.6 Å². The van der Waals surface area contributed by atoms with E-state index in [1.165, 1.54) is 11.9 Å². The van der Waals surface area contributed by atoms with Crippen molar-refractivity contribution < 1.29 is 44.0 Å². The number of hydrogen-bond acceptors (Lipinski definition) is 11. The number of aliphatic carboxylic acids is 1. The summed E-state index contributed by atoms with van der Waals surface area (Å²) in [6, 6.07) is 14.8. The zero-order chi connectivity index (χ0) is 48.2. The molecule has 7 atom stereocenters. The normalized spacial score (nSPS) is 19.8. The summed E-state index contributed by atoms with van der Waals surface area (Å²) in [4.78, 5) is 99.9. The summed E-state index contributed by atoms with van der Waals surface area (Å²) >= 11 is 0. The van der Waals surface area contributed by atoms with Crippen LogP contribution >= 0.6 is 0 Å². The van der Waals surface area contributed by atoms with Gasteiger partial charge in [0.15, 0.2) is 0 Å². The molecule has 4 heterocycles. The average Bonchev–Trinajstić information content (AvgIpc) is 3.88. The SMILES string of the molecule is CC(C(NC(=O)C(Cc1ccccc1)NC(=O)NC(Cc1c[nH]c2ccccc12)C(=O)O)C(=O)N/C=C1/CC(O)C(n2ccc(=O)[nH]c2=O)O1)N(C)C(=O)C1Cc2cc(O)ccc2C(C)(C)N1. The number of urea groups is 1. The fourth-order valence-corrected chi connectivity index (χ4v) is 8.55. The van der Waals surface area contributed by atoms with Crippen LogP contribution in [0.25, 0.3) is 10.9 Å². The van der Waals surface area contributed by atoms with Gasteiger partial charge in [-0.2, -0.15) is 0 Å². The highest BCUT2D eigenvalue weighted by molar-refractivity contribution is 5.94. The summed E-state index contributed by atoms with van der Waals surface area (Å²) in [5, 5.41) is 45.7. The number of phenols is 1. The first-order chi connectivity index (χ1) is 31.9. The molecule has 7 rings (SSSR count). The predicted molar refractivity (Wildman–Crippen MR) is 243 cm³/mol. The van der Waals surface area contributed by atoms with Gasteiger partial charge in [-0.15, -0.1) is 0 Å². The summed E-state index contributed by atoms with van der Waals surface area (Å²) in [6.07, 6.45) is 1.34. The minimum Gasteiger partial charge on any atom is -0.508 e. The second-order valence-corrected chi connectivity index (χ2v) is 17.3. The summed E-state index contributed by atoms with van der Waals surface area (Å²) in [7, 11) is 1.47. The number of aromatic nitrogens is 3. The van der Waals surface area contributed by atoms with Gasteiger partial charge >= 0.3 is 17.7 Å². The van der Waals surface area contributed by atoms with Gasteiger partial charge in [-0.25, -0.2) is 14.4 Å². The molecule has 5 amide bonds. The lowest BCUT2D eigenvalue weighted by Gasteiger charge is -2.41. The van der Waals surface area contributed by atoms with Crippen molar-refractivity contribution in [2.45, 2.75) is 94.5 Å². The number of likely N-dealkylation sites (N-methyl/N-ethyl adjacent to an activating group) is 1. The van der Waals surface area contributed by atoms with E-state index in [4.69, 9.17) is 4.74 Å². The maximum absolute atomic E-state index is 14.5. The van der Waals surface area contributed by atoms with Gasteiger partial charge < -0.3 is 51.2 Å². The number of carboxylic acids is 1. The highest BCUT2D eigenvalue weighted by atomic mass is 16.5. The molecule has 10 N–H and O–H groups in total. The molecule has 2 aromatic heterocycles. The van der Waals surface area contributed by atoms with E-state index >= 15 is 0 Å². The third-order valence-corrected chi connectivity index (χ3v) is 12.2. The largest absolute Gasteiger partial charge is 0.508 e. The number of carboxylic acid groups (broad SMARTS) is 1. The maximum Gasteiger partial charge on any atom is 0.331 e. The first-order valence-electron chi connectivity index (χ1n) is 21.6. The van der Waals surface area contributed by atoms with E-state index in [9.17, 15) is 48.9 Å². The number of fused-ring (bicyclic) bond motifs is 2. The maximum atomic E-state index is 14.5. The fraction of sp³-hybridized carbons (Fsp3) is 0.340. The predicted octanol–water partition coefficient (Wildman–Crippen LogP) is 1.35. The Labute approximate surface area is 383 Å². The van der Waals surface area contributed by atoms with Gasteiger partial charge in [0, 0.05) is 67.4 Å². The van der Waals surface area contributed by atoms with E-state index in [1.54, 1.807) is 61.7 Å². The Balaban J connectivity index is 1.14. The lowest BCUT2D eigenvalue weighted by Crippen LogP contribution is -2.63. The highest BCUT2D eigenvalue weighted by Gasteiger charge is 2.41. The van der Waals surface area contributed by atoms with Crippen molar-refractivity contribution in [2.24, 2.45) is 0 Å². The Morgan fingerprint density at radius 1 is 0.925 bits per heavy atom. The number of aliphatic hydroxyl groups excluding tert-OH is 1. The van der Waals surface area contributed by atoms with Crippen LogP contribution in [0.5, 0.6) is 5.75 Å². The zero-order valence-electron chi connectivity index (χ0n) is 37.1. The van der Waals surface area contributed by atoms with Crippen molar-refractivity contribution in [2.75, 3.05) is 7.05 Å². The Hall–Kier alpha value is -7.71.